The number of carbonyl (C=O) groups excluding carboxylic acids is 2. The lowest BCUT2D eigenvalue weighted by Gasteiger charge is -2.25. The fraction of sp³-hybridized carbons (Fsp3) is 0.438. The van der Waals surface area contributed by atoms with Gasteiger partial charge in [-0.25, -0.2) is 8.42 Å². The Kier molecular flexibility index (Phi) is 5.59. The summed E-state index contributed by atoms with van der Waals surface area (Å²) in [6.45, 7) is 0. The fourth-order valence-electron chi connectivity index (χ4n) is 3.04. The van der Waals surface area contributed by atoms with Crippen LogP contribution in [0, 0.1) is 0 Å². The van der Waals surface area contributed by atoms with E-state index in [9.17, 15) is 23.1 Å². The molecule has 0 radical (unpaired) electrons. The summed E-state index contributed by atoms with van der Waals surface area (Å²) in [4.78, 5) is 28.4. The third kappa shape index (κ3) is 4.21. The van der Waals surface area contributed by atoms with Gasteiger partial charge in [0, 0.05) is 17.6 Å². The number of hydrogen-bond acceptors (Lipinski definition) is 6. The first-order chi connectivity index (χ1) is 12.3. The molecule has 2 heterocycles. The van der Waals surface area contributed by atoms with Crippen LogP contribution < -0.4 is 10.0 Å². The van der Waals surface area contributed by atoms with Crippen LogP contribution in [-0.4, -0.2) is 48.3 Å². The van der Waals surface area contributed by atoms with Gasteiger partial charge in [0.05, 0.1) is 28.3 Å². The van der Waals surface area contributed by atoms with E-state index >= 15 is 0 Å². The van der Waals surface area contributed by atoms with Gasteiger partial charge in [-0.2, -0.15) is 4.99 Å². The van der Waals surface area contributed by atoms with Gasteiger partial charge in [-0.15, -0.1) is 0 Å². The van der Waals surface area contributed by atoms with Crippen molar-refractivity contribution in [2.24, 2.45) is 4.99 Å². The maximum Gasteiger partial charge on any atom is 0.248 e. The summed E-state index contributed by atoms with van der Waals surface area (Å²) in [6.07, 6.45) is -0.0700. The van der Waals surface area contributed by atoms with Gasteiger partial charge >= 0.3 is 0 Å². The van der Waals surface area contributed by atoms with Gasteiger partial charge in [-0.3, -0.25) is 4.79 Å². The van der Waals surface area contributed by atoms with E-state index in [0.717, 1.165) is 0 Å². The summed E-state index contributed by atoms with van der Waals surface area (Å²) in [5.74, 6) is -1.65. The number of carbonyl (C=O) groups is 2. The van der Waals surface area contributed by atoms with Gasteiger partial charge in [0.1, 0.15) is 0 Å². The van der Waals surface area contributed by atoms with Crippen molar-refractivity contribution in [1.82, 2.24) is 0 Å². The highest BCUT2D eigenvalue weighted by Gasteiger charge is 2.49. The molecule has 2 saturated heterocycles. The number of carboxylic acids is 1. The number of halogens is 1. The molecule has 0 bridgehead atoms. The first-order valence-corrected chi connectivity index (χ1v) is 11.1. The lowest BCUT2D eigenvalue weighted by molar-refractivity contribution is -0.305. The average molecular weight is 416 g/mol. The van der Waals surface area contributed by atoms with Gasteiger partial charge in [0.25, 0.3) is 0 Å². The van der Waals surface area contributed by atoms with Crippen LogP contribution in [0.5, 0.6) is 0 Å². The molecule has 0 unspecified atom stereocenters. The average Bonchev–Trinajstić information content (AvgIpc) is 2.98. The Morgan fingerprint density at radius 1 is 1.27 bits per heavy atom. The Morgan fingerprint density at radius 2 is 2.00 bits per heavy atom. The van der Waals surface area contributed by atoms with Crippen molar-refractivity contribution in [3.63, 3.8) is 0 Å². The van der Waals surface area contributed by atoms with Crippen molar-refractivity contribution in [2.75, 3.05) is 16.4 Å². The lowest BCUT2D eigenvalue weighted by Crippen LogP contribution is -2.37. The van der Waals surface area contributed by atoms with Gasteiger partial charge < -0.3 is 14.8 Å². The molecule has 140 valence electrons. The SMILES string of the molecule is O=C([O-])CCCC(=O)N=C1S[C@@H]2CS(=O)(=O)C[C@@H]2N1c1ccccc1Cl. The zero-order valence-corrected chi connectivity index (χ0v) is 16.0. The van der Waals surface area contributed by atoms with Crippen LogP contribution in [-0.2, 0) is 19.4 Å². The molecular formula is C16H16ClN2O5S2-. The molecule has 0 N–H and O–H groups in total. The third-order valence-corrected chi connectivity index (χ3v) is 7.70. The van der Waals surface area contributed by atoms with E-state index in [4.69, 9.17) is 11.6 Å². The monoisotopic (exact) mass is 415 g/mol. The van der Waals surface area contributed by atoms with E-state index in [1.807, 2.05) is 0 Å². The first-order valence-electron chi connectivity index (χ1n) is 7.99. The van der Waals surface area contributed by atoms with Gasteiger partial charge in [-0.05, 0) is 25.0 Å². The Bertz CT molecular complexity index is 871. The molecule has 0 aromatic heterocycles. The van der Waals surface area contributed by atoms with Crippen LogP contribution in [0.1, 0.15) is 19.3 Å². The molecule has 1 aromatic carbocycles. The lowest BCUT2D eigenvalue weighted by atomic mass is 10.2. The third-order valence-electron chi connectivity index (χ3n) is 4.17. The molecule has 1 aromatic rings. The maximum absolute atomic E-state index is 12.1. The van der Waals surface area contributed by atoms with Crippen LogP contribution in [0.25, 0.3) is 0 Å². The zero-order chi connectivity index (χ0) is 18.9. The van der Waals surface area contributed by atoms with Crippen molar-refractivity contribution < 1.29 is 23.1 Å². The molecule has 3 rings (SSSR count). The highest BCUT2D eigenvalue weighted by molar-refractivity contribution is 8.16. The summed E-state index contributed by atoms with van der Waals surface area (Å²) in [5, 5.41) is 11.1. The van der Waals surface area contributed by atoms with E-state index in [0.29, 0.717) is 15.9 Å². The van der Waals surface area contributed by atoms with Gasteiger partial charge in [0.2, 0.25) is 5.91 Å². The van der Waals surface area contributed by atoms with Gasteiger partial charge in [-0.1, -0.05) is 35.5 Å². The number of hydrogen-bond donors (Lipinski definition) is 0. The number of carboxylic acid groups (broad SMARTS) is 1. The molecule has 2 aliphatic heterocycles. The van der Waals surface area contributed by atoms with E-state index in [1.54, 1.807) is 29.2 Å². The topological polar surface area (TPSA) is 107 Å². The number of aliphatic carboxylic acids is 1. The second-order valence-corrected chi connectivity index (χ2v) is 9.90. The number of benzene rings is 1. The zero-order valence-electron chi connectivity index (χ0n) is 13.6. The van der Waals surface area contributed by atoms with E-state index in [2.05, 4.69) is 4.99 Å². The molecule has 26 heavy (non-hydrogen) atoms. The number of anilines is 1. The van der Waals surface area contributed by atoms with Crippen molar-refractivity contribution in [3.05, 3.63) is 29.3 Å². The van der Waals surface area contributed by atoms with E-state index in [-0.39, 0.29) is 42.1 Å². The Balaban J connectivity index is 1.87. The smallest absolute Gasteiger partial charge is 0.248 e. The summed E-state index contributed by atoms with van der Waals surface area (Å²) in [6, 6.07) is 6.66. The highest BCUT2D eigenvalue weighted by atomic mass is 35.5. The number of amidine groups is 1. The summed E-state index contributed by atoms with van der Waals surface area (Å²) in [5.41, 5.74) is 0.604. The van der Waals surface area contributed by atoms with Gasteiger partial charge in [0.15, 0.2) is 15.0 Å². The summed E-state index contributed by atoms with van der Waals surface area (Å²) < 4.78 is 24.0. The number of sulfone groups is 1. The predicted molar refractivity (Wildman–Crippen MR) is 99.1 cm³/mol. The van der Waals surface area contributed by atoms with Crippen molar-refractivity contribution in [3.8, 4) is 0 Å². The van der Waals surface area contributed by atoms with Crippen molar-refractivity contribution in [2.45, 2.75) is 30.6 Å². The number of rotatable bonds is 5. The minimum absolute atomic E-state index is 0.0119. The van der Waals surface area contributed by atoms with E-state index < -0.39 is 21.7 Å². The number of para-hydroxylation sites is 1. The van der Waals surface area contributed by atoms with Crippen LogP contribution in [0.15, 0.2) is 29.3 Å². The Hall–Kier alpha value is -1.58. The molecule has 2 atom stereocenters. The second-order valence-electron chi connectivity index (χ2n) is 6.14. The molecule has 2 fully saturated rings. The molecule has 7 nitrogen and oxygen atoms in total. The van der Waals surface area contributed by atoms with Crippen LogP contribution in [0.2, 0.25) is 5.02 Å². The van der Waals surface area contributed by atoms with Crippen molar-refractivity contribution >= 4 is 55.9 Å². The molecule has 0 aliphatic carbocycles. The fourth-order valence-corrected chi connectivity index (χ4v) is 7.19. The highest BCUT2D eigenvalue weighted by Crippen LogP contribution is 2.42. The Morgan fingerprint density at radius 3 is 2.69 bits per heavy atom. The quantitative estimate of drug-likeness (QED) is 0.701. The largest absolute Gasteiger partial charge is 0.550 e. The molecule has 0 saturated carbocycles. The predicted octanol–water partition coefficient (Wildman–Crippen LogP) is 0.862. The number of aliphatic imine (C=N–C) groups is 1. The number of thioether (sulfide) groups is 1. The Labute approximate surface area is 160 Å². The van der Waals surface area contributed by atoms with E-state index in [1.165, 1.54) is 11.8 Å². The summed E-state index contributed by atoms with van der Waals surface area (Å²) in [7, 11) is -3.15. The molecule has 0 spiro atoms. The minimum Gasteiger partial charge on any atom is -0.550 e. The first kappa shape index (κ1) is 19.2. The molecular weight excluding hydrogens is 400 g/mol. The number of nitrogens with zero attached hydrogens (tertiary/aromatic N) is 2. The standard InChI is InChI=1S/C16H17ClN2O5S2/c17-10-4-1-2-5-11(10)19-12-8-26(23,24)9-13(12)25-16(19)18-14(20)6-3-7-15(21)22/h1-2,4-5,12-13H,3,6-9H2,(H,21,22)/p-1/t12-,13+/m0/s1. The number of amides is 1. The normalized spacial score (nSPS) is 25.4. The van der Waals surface area contributed by atoms with Crippen LogP contribution >= 0.6 is 23.4 Å². The second kappa shape index (κ2) is 7.58. The molecule has 1 amide bonds. The maximum atomic E-state index is 12.1. The van der Waals surface area contributed by atoms with Crippen molar-refractivity contribution in [1.29, 1.82) is 0 Å². The number of fused-ring (bicyclic) bond motifs is 1. The molecule has 2 aliphatic rings. The van der Waals surface area contributed by atoms with Crippen LogP contribution in [0.3, 0.4) is 0 Å². The minimum atomic E-state index is -3.15. The van der Waals surface area contributed by atoms with Crippen LogP contribution in [0.4, 0.5) is 5.69 Å². The summed E-state index contributed by atoms with van der Waals surface area (Å²) >= 11 is 7.53. The molecule has 10 heteroatoms.